The Kier molecular flexibility index (Phi) is 3.36. The SMILES string of the molecule is CCC1CCC(CN)(N(C)C2CCC2)C1. The van der Waals surface area contributed by atoms with E-state index in [1.54, 1.807) is 0 Å². The van der Waals surface area contributed by atoms with Gasteiger partial charge in [-0.05, 0) is 45.1 Å². The zero-order chi connectivity index (χ0) is 10.9. The van der Waals surface area contributed by atoms with Crippen LogP contribution in [-0.4, -0.2) is 30.1 Å². The van der Waals surface area contributed by atoms with Gasteiger partial charge in [-0.15, -0.1) is 0 Å². The van der Waals surface area contributed by atoms with Gasteiger partial charge < -0.3 is 5.73 Å². The third-order valence-corrected chi connectivity index (χ3v) is 5.01. The van der Waals surface area contributed by atoms with Crippen LogP contribution in [0.1, 0.15) is 51.9 Å². The lowest BCUT2D eigenvalue weighted by atomic mass is 9.85. The molecule has 0 saturated heterocycles. The van der Waals surface area contributed by atoms with Crippen molar-refractivity contribution < 1.29 is 0 Å². The van der Waals surface area contributed by atoms with Crippen LogP contribution in [0.4, 0.5) is 0 Å². The van der Waals surface area contributed by atoms with Gasteiger partial charge in [0, 0.05) is 18.1 Å². The summed E-state index contributed by atoms with van der Waals surface area (Å²) in [4.78, 5) is 2.63. The van der Waals surface area contributed by atoms with Crippen molar-refractivity contribution in [3.05, 3.63) is 0 Å². The Hall–Kier alpha value is -0.0800. The molecule has 2 heteroatoms. The fourth-order valence-electron chi connectivity index (χ4n) is 3.37. The lowest BCUT2D eigenvalue weighted by Crippen LogP contribution is -2.56. The predicted octanol–water partition coefficient (Wildman–Crippen LogP) is 2.38. The molecule has 0 aliphatic heterocycles. The molecule has 2 saturated carbocycles. The van der Waals surface area contributed by atoms with Crippen molar-refractivity contribution in [2.24, 2.45) is 11.7 Å². The van der Waals surface area contributed by atoms with Crippen LogP contribution in [0.25, 0.3) is 0 Å². The van der Waals surface area contributed by atoms with E-state index in [-0.39, 0.29) is 0 Å². The zero-order valence-electron chi connectivity index (χ0n) is 10.3. The molecular formula is C13H26N2. The second-order valence-electron chi connectivity index (χ2n) is 5.64. The molecule has 88 valence electrons. The minimum atomic E-state index is 0.353. The van der Waals surface area contributed by atoms with Gasteiger partial charge in [-0.3, -0.25) is 4.90 Å². The molecule has 0 aromatic carbocycles. The molecule has 2 nitrogen and oxygen atoms in total. The average Bonchev–Trinajstić information content (AvgIpc) is 2.59. The summed E-state index contributed by atoms with van der Waals surface area (Å²) in [6.07, 6.45) is 9.62. The quantitative estimate of drug-likeness (QED) is 0.772. The molecule has 2 aliphatic carbocycles. The lowest BCUT2D eigenvalue weighted by molar-refractivity contribution is 0.0393. The highest BCUT2D eigenvalue weighted by molar-refractivity contribution is 5.00. The van der Waals surface area contributed by atoms with Crippen molar-refractivity contribution in [1.82, 2.24) is 4.90 Å². The second kappa shape index (κ2) is 4.42. The fourth-order valence-corrected chi connectivity index (χ4v) is 3.37. The summed E-state index contributed by atoms with van der Waals surface area (Å²) >= 11 is 0. The second-order valence-corrected chi connectivity index (χ2v) is 5.64. The van der Waals surface area contributed by atoms with Crippen LogP contribution in [0.5, 0.6) is 0 Å². The highest BCUT2D eigenvalue weighted by Gasteiger charge is 2.43. The van der Waals surface area contributed by atoms with Gasteiger partial charge in [-0.25, -0.2) is 0 Å². The smallest absolute Gasteiger partial charge is 0.0334 e. The molecular weight excluding hydrogens is 184 g/mol. The first-order chi connectivity index (χ1) is 7.22. The third kappa shape index (κ3) is 1.94. The minimum Gasteiger partial charge on any atom is -0.329 e. The summed E-state index contributed by atoms with van der Waals surface area (Å²) in [7, 11) is 2.31. The molecule has 0 aromatic rings. The fraction of sp³-hybridized carbons (Fsp3) is 1.00. The van der Waals surface area contributed by atoms with Crippen molar-refractivity contribution in [3.8, 4) is 0 Å². The van der Waals surface area contributed by atoms with Gasteiger partial charge in [0.25, 0.3) is 0 Å². The molecule has 0 spiro atoms. The Morgan fingerprint density at radius 1 is 1.33 bits per heavy atom. The summed E-state index contributed by atoms with van der Waals surface area (Å²) in [5.41, 5.74) is 6.41. The summed E-state index contributed by atoms with van der Waals surface area (Å²) < 4.78 is 0. The van der Waals surface area contributed by atoms with E-state index in [1.807, 2.05) is 0 Å². The number of hydrogen-bond acceptors (Lipinski definition) is 2. The third-order valence-electron chi connectivity index (χ3n) is 5.01. The van der Waals surface area contributed by atoms with E-state index in [2.05, 4.69) is 18.9 Å². The maximum absolute atomic E-state index is 6.06. The molecule has 0 heterocycles. The molecule has 2 unspecified atom stereocenters. The number of rotatable bonds is 4. The van der Waals surface area contributed by atoms with Crippen LogP contribution < -0.4 is 5.73 Å². The van der Waals surface area contributed by atoms with E-state index >= 15 is 0 Å². The van der Waals surface area contributed by atoms with Gasteiger partial charge in [-0.2, -0.15) is 0 Å². The molecule has 0 radical (unpaired) electrons. The molecule has 0 amide bonds. The van der Waals surface area contributed by atoms with E-state index in [4.69, 9.17) is 5.73 Å². The van der Waals surface area contributed by atoms with Gasteiger partial charge in [0.1, 0.15) is 0 Å². The summed E-state index contributed by atoms with van der Waals surface area (Å²) in [5.74, 6) is 0.927. The number of nitrogens with two attached hydrogens (primary N) is 1. The summed E-state index contributed by atoms with van der Waals surface area (Å²) in [6, 6.07) is 0.837. The zero-order valence-corrected chi connectivity index (χ0v) is 10.3. The van der Waals surface area contributed by atoms with Gasteiger partial charge in [0.2, 0.25) is 0 Å². The molecule has 2 N–H and O–H groups in total. The summed E-state index contributed by atoms with van der Waals surface area (Å²) in [5, 5.41) is 0. The standard InChI is InChI=1S/C13H26N2/c1-3-11-7-8-13(9-11,10-14)15(2)12-5-4-6-12/h11-12H,3-10,14H2,1-2H3. The largest absolute Gasteiger partial charge is 0.329 e. The normalized spacial score (nSPS) is 37.2. The molecule has 2 fully saturated rings. The van der Waals surface area contributed by atoms with Crippen LogP contribution in [0.2, 0.25) is 0 Å². The minimum absolute atomic E-state index is 0.353. The van der Waals surface area contributed by atoms with Crippen LogP contribution in [0.15, 0.2) is 0 Å². The Morgan fingerprint density at radius 2 is 2.07 bits per heavy atom. The monoisotopic (exact) mass is 210 g/mol. The van der Waals surface area contributed by atoms with Crippen molar-refractivity contribution in [3.63, 3.8) is 0 Å². The Morgan fingerprint density at radius 3 is 2.47 bits per heavy atom. The van der Waals surface area contributed by atoms with Crippen molar-refractivity contribution in [2.75, 3.05) is 13.6 Å². The Balaban J connectivity index is 2.01. The van der Waals surface area contributed by atoms with E-state index in [1.165, 1.54) is 44.9 Å². The Bertz CT molecular complexity index is 213. The number of likely N-dealkylation sites (N-methyl/N-ethyl adjacent to an activating group) is 1. The van der Waals surface area contributed by atoms with Crippen LogP contribution >= 0.6 is 0 Å². The topological polar surface area (TPSA) is 29.3 Å². The maximum atomic E-state index is 6.06. The van der Waals surface area contributed by atoms with E-state index < -0.39 is 0 Å². The first kappa shape index (κ1) is 11.4. The highest BCUT2D eigenvalue weighted by Crippen LogP contribution is 2.42. The molecule has 2 atom stereocenters. The van der Waals surface area contributed by atoms with E-state index in [0.29, 0.717) is 5.54 Å². The average molecular weight is 210 g/mol. The van der Waals surface area contributed by atoms with Crippen molar-refractivity contribution in [1.29, 1.82) is 0 Å². The van der Waals surface area contributed by atoms with Gasteiger partial charge in [0.05, 0.1) is 0 Å². The lowest BCUT2D eigenvalue weighted by Gasteiger charge is -2.47. The molecule has 0 aromatic heterocycles. The van der Waals surface area contributed by atoms with Gasteiger partial charge >= 0.3 is 0 Å². The first-order valence-corrected chi connectivity index (χ1v) is 6.65. The molecule has 0 bridgehead atoms. The van der Waals surface area contributed by atoms with Gasteiger partial charge in [0.15, 0.2) is 0 Å². The number of nitrogens with zero attached hydrogens (tertiary/aromatic N) is 1. The first-order valence-electron chi connectivity index (χ1n) is 6.65. The molecule has 2 aliphatic rings. The predicted molar refractivity (Wildman–Crippen MR) is 64.8 cm³/mol. The molecule has 15 heavy (non-hydrogen) atoms. The summed E-state index contributed by atoms with van der Waals surface area (Å²) in [6.45, 7) is 3.18. The van der Waals surface area contributed by atoms with Gasteiger partial charge in [-0.1, -0.05) is 19.8 Å². The molecule has 2 rings (SSSR count). The van der Waals surface area contributed by atoms with E-state index in [0.717, 1.165) is 18.5 Å². The van der Waals surface area contributed by atoms with E-state index in [9.17, 15) is 0 Å². The highest BCUT2D eigenvalue weighted by atomic mass is 15.2. The Labute approximate surface area is 94.2 Å². The number of hydrogen-bond donors (Lipinski definition) is 1. The maximum Gasteiger partial charge on any atom is 0.0334 e. The van der Waals surface area contributed by atoms with Crippen LogP contribution in [0, 0.1) is 5.92 Å². The van der Waals surface area contributed by atoms with Crippen molar-refractivity contribution in [2.45, 2.75) is 63.5 Å². The van der Waals surface area contributed by atoms with Crippen molar-refractivity contribution >= 4 is 0 Å². The van der Waals surface area contributed by atoms with Crippen LogP contribution in [0.3, 0.4) is 0 Å². The van der Waals surface area contributed by atoms with Crippen LogP contribution in [-0.2, 0) is 0 Å².